The van der Waals surface area contributed by atoms with Gasteiger partial charge in [-0.25, -0.2) is 0 Å². The van der Waals surface area contributed by atoms with Gasteiger partial charge in [0.2, 0.25) is 0 Å². The minimum Gasteiger partial charge on any atom is -0.341 e. The Hall–Kier alpha value is -0.0600. The highest BCUT2D eigenvalue weighted by Crippen LogP contribution is 2.33. The molecule has 1 aliphatic rings. The van der Waals surface area contributed by atoms with Crippen LogP contribution in [0, 0.1) is 5.92 Å². The van der Waals surface area contributed by atoms with E-state index in [1.54, 1.807) is 23.1 Å². The molecule has 98 valence electrons. The van der Waals surface area contributed by atoms with E-state index < -0.39 is 0 Å². The number of alkyl halides is 1. The van der Waals surface area contributed by atoms with Gasteiger partial charge in [0.05, 0.1) is 0 Å². The van der Waals surface area contributed by atoms with Gasteiger partial charge in [0.1, 0.15) is 0 Å². The van der Waals surface area contributed by atoms with Gasteiger partial charge in [-0.15, -0.1) is 0 Å². The summed E-state index contributed by atoms with van der Waals surface area (Å²) in [6.07, 6.45) is 2.30. The van der Waals surface area contributed by atoms with Crippen molar-refractivity contribution >= 4 is 49.4 Å². The average Bonchev–Trinajstić information content (AvgIpc) is 2.24. The van der Waals surface area contributed by atoms with Crippen molar-refractivity contribution in [2.45, 2.75) is 17.7 Å². The Bertz CT molecular complexity index is 440. The number of hydrogen-bond acceptors (Lipinski definition) is 1. The summed E-state index contributed by atoms with van der Waals surface area (Å²) in [5, 5.41) is 0.574. The smallest absolute Gasteiger partial charge is 0.253 e. The van der Waals surface area contributed by atoms with E-state index in [9.17, 15) is 4.79 Å². The van der Waals surface area contributed by atoms with Crippen LogP contribution in [0.1, 0.15) is 23.2 Å². The maximum atomic E-state index is 12.2. The summed E-state index contributed by atoms with van der Waals surface area (Å²) in [7, 11) is 1.85. The largest absolute Gasteiger partial charge is 0.341 e. The number of halogens is 3. The lowest BCUT2D eigenvalue weighted by Crippen LogP contribution is -2.37. The third-order valence-corrected chi connectivity index (χ3v) is 4.59. The van der Waals surface area contributed by atoms with Crippen LogP contribution in [0.5, 0.6) is 0 Å². The predicted octanol–water partition coefficient (Wildman–Crippen LogP) is 4.35. The van der Waals surface area contributed by atoms with Crippen LogP contribution in [0.15, 0.2) is 22.7 Å². The molecule has 0 atom stereocenters. The monoisotopic (exact) mass is 393 g/mol. The summed E-state index contributed by atoms with van der Waals surface area (Å²) < 4.78 is 0.830. The predicted molar refractivity (Wildman–Crippen MR) is 81.6 cm³/mol. The third-order valence-electron chi connectivity index (χ3n) is 3.17. The van der Waals surface area contributed by atoms with Crippen molar-refractivity contribution in [1.82, 2.24) is 4.90 Å². The van der Waals surface area contributed by atoms with E-state index in [2.05, 4.69) is 31.9 Å². The van der Waals surface area contributed by atoms with E-state index in [0.717, 1.165) is 23.9 Å². The van der Waals surface area contributed by atoms with Gasteiger partial charge in [0.15, 0.2) is 0 Å². The standard InChI is InChI=1S/C13H14Br2ClNO/c1-17(7-8-2-10(14)3-8)13(18)9-4-11(15)6-12(16)5-9/h4-6,8,10H,2-3,7H2,1H3. The van der Waals surface area contributed by atoms with Crippen LogP contribution in [0.4, 0.5) is 0 Å². The van der Waals surface area contributed by atoms with Crippen molar-refractivity contribution in [3.63, 3.8) is 0 Å². The van der Waals surface area contributed by atoms with Gasteiger partial charge in [-0.05, 0) is 37.0 Å². The lowest BCUT2D eigenvalue weighted by Gasteiger charge is -2.34. The number of nitrogens with zero attached hydrogens (tertiary/aromatic N) is 1. The number of benzene rings is 1. The fourth-order valence-electron chi connectivity index (χ4n) is 2.17. The molecule has 1 aromatic carbocycles. The maximum absolute atomic E-state index is 12.2. The highest BCUT2D eigenvalue weighted by Gasteiger charge is 2.29. The minimum atomic E-state index is 0.0243. The molecule has 5 heteroatoms. The molecule has 0 bridgehead atoms. The molecule has 0 aliphatic heterocycles. The Morgan fingerprint density at radius 2 is 2.11 bits per heavy atom. The van der Waals surface area contributed by atoms with Crippen LogP contribution < -0.4 is 0 Å². The normalized spacial score (nSPS) is 22.4. The van der Waals surface area contributed by atoms with Gasteiger partial charge in [-0.2, -0.15) is 0 Å². The Morgan fingerprint density at radius 1 is 1.44 bits per heavy atom. The first-order chi connectivity index (χ1) is 8.45. The molecule has 1 aromatic rings. The Morgan fingerprint density at radius 3 is 2.67 bits per heavy atom. The fourth-order valence-corrected chi connectivity index (χ4v) is 4.09. The second-order valence-corrected chi connectivity index (χ2v) is 7.43. The van der Waals surface area contributed by atoms with Gasteiger partial charge in [0, 0.05) is 33.5 Å². The number of carbonyl (C=O) groups excluding carboxylic acids is 1. The highest BCUT2D eigenvalue weighted by molar-refractivity contribution is 9.10. The Balaban J connectivity index is 2.01. The quantitative estimate of drug-likeness (QED) is 0.697. The molecule has 0 spiro atoms. The van der Waals surface area contributed by atoms with Crippen molar-refractivity contribution < 1.29 is 4.79 Å². The molecular formula is C13H14Br2ClNO. The van der Waals surface area contributed by atoms with Crippen LogP contribution in [-0.2, 0) is 0 Å². The molecule has 0 unspecified atom stereocenters. The number of hydrogen-bond donors (Lipinski definition) is 0. The molecule has 0 aromatic heterocycles. The van der Waals surface area contributed by atoms with Crippen molar-refractivity contribution in [1.29, 1.82) is 0 Å². The maximum Gasteiger partial charge on any atom is 0.253 e. The zero-order chi connectivity index (χ0) is 13.3. The summed E-state index contributed by atoms with van der Waals surface area (Å²) in [6, 6.07) is 5.29. The first-order valence-electron chi connectivity index (χ1n) is 5.81. The van der Waals surface area contributed by atoms with Crippen LogP contribution in [0.2, 0.25) is 5.02 Å². The average molecular weight is 396 g/mol. The SMILES string of the molecule is CN(CC1CC(Br)C1)C(=O)c1cc(Cl)cc(Br)c1. The van der Waals surface area contributed by atoms with Gasteiger partial charge in [-0.3, -0.25) is 4.79 Å². The van der Waals surface area contributed by atoms with Gasteiger partial charge in [-0.1, -0.05) is 43.5 Å². The molecule has 1 fully saturated rings. The molecule has 0 heterocycles. The lowest BCUT2D eigenvalue weighted by atomic mass is 9.85. The van der Waals surface area contributed by atoms with Gasteiger partial charge < -0.3 is 4.90 Å². The second kappa shape index (κ2) is 5.93. The molecule has 1 amide bonds. The molecule has 0 radical (unpaired) electrons. The van der Waals surface area contributed by atoms with Crippen LogP contribution in [0.3, 0.4) is 0 Å². The topological polar surface area (TPSA) is 20.3 Å². The van der Waals surface area contributed by atoms with E-state index in [0.29, 0.717) is 21.3 Å². The summed E-state index contributed by atoms with van der Waals surface area (Å²) in [6.45, 7) is 0.811. The zero-order valence-electron chi connectivity index (χ0n) is 10.00. The number of carbonyl (C=O) groups is 1. The number of amides is 1. The summed E-state index contributed by atoms with van der Waals surface area (Å²) in [5.74, 6) is 0.641. The Kier molecular flexibility index (Phi) is 4.73. The van der Waals surface area contributed by atoms with E-state index in [4.69, 9.17) is 11.6 Å². The summed E-state index contributed by atoms with van der Waals surface area (Å²) >= 11 is 12.9. The van der Waals surface area contributed by atoms with E-state index >= 15 is 0 Å². The van der Waals surface area contributed by atoms with Gasteiger partial charge in [0.25, 0.3) is 5.91 Å². The first-order valence-corrected chi connectivity index (χ1v) is 7.90. The number of rotatable bonds is 3. The van der Waals surface area contributed by atoms with Crippen molar-refractivity contribution in [2.75, 3.05) is 13.6 Å². The fraction of sp³-hybridized carbons (Fsp3) is 0.462. The molecule has 2 rings (SSSR count). The lowest BCUT2D eigenvalue weighted by molar-refractivity contribution is 0.0748. The zero-order valence-corrected chi connectivity index (χ0v) is 13.9. The summed E-state index contributed by atoms with van der Waals surface area (Å²) in [4.78, 5) is 14.7. The van der Waals surface area contributed by atoms with E-state index in [1.165, 1.54) is 0 Å². The van der Waals surface area contributed by atoms with Crippen LogP contribution in [0.25, 0.3) is 0 Å². The van der Waals surface area contributed by atoms with Crippen molar-refractivity contribution in [3.05, 3.63) is 33.3 Å². The molecule has 18 heavy (non-hydrogen) atoms. The third kappa shape index (κ3) is 3.49. The van der Waals surface area contributed by atoms with Gasteiger partial charge >= 0.3 is 0 Å². The van der Waals surface area contributed by atoms with Crippen molar-refractivity contribution in [2.24, 2.45) is 5.92 Å². The molecule has 0 saturated heterocycles. The van der Waals surface area contributed by atoms with E-state index in [-0.39, 0.29) is 5.91 Å². The molecule has 2 nitrogen and oxygen atoms in total. The second-order valence-electron chi connectivity index (χ2n) is 4.78. The van der Waals surface area contributed by atoms with Crippen molar-refractivity contribution in [3.8, 4) is 0 Å². The molecular weight excluding hydrogens is 381 g/mol. The summed E-state index contributed by atoms with van der Waals surface area (Å²) in [5.41, 5.74) is 0.631. The first kappa shape index (κ1) is 14.4. The molecule has 0 N–H and O–H groups in total. The minimum absolute atomic E-state index is 0.0243. The molecule has 1 saturated carbocycles. The van der Waals surface area contributed by atoms with Crippen LogP contribution in [-0.4, -0.2) is 29.2 Å². The molecule has 1 aliphatic carbocycles. The Labute approximate surface area is 129 Å². The van der Waals surface area contributed by atoms with Crippen LogP contribution >= 0.6 is 43.5 Å². The van der Waals surface area contributed by atoms with E-state index in [1.807, 2.05) is 7.05 Å². The highest BCUT2D eigenvalue weighted by atomic mass is 79.9.